The van der Waals surface area contributed by atoms with E-state index in [0.717, 1.165) is 0 Å². The van der Waals surface area contributed by atoms with Crippen LogP contribution in [0, 0.1) is 0 Å². The predicted molar refractivity (Wildman–Crippen MR) is 71.2 cm³/mol. The number of ether oxygens (including phenoxy) is 2. The summed E-state index contributed by atoms with van der Waals surface area (Å²) in [5.41, 5.74) is 0.0506. The number of hydrogen-bond donors (Lipinski definition) is 1. The number of amides is 1. The van der Waals surface area contributed by atoms with E-state index in [2.05, 4.69) is 0 Å². The topological polar surface area (TPSA) is 72.1 Å². The quantitative estimate of drug-likeness (QED) is 0.898. The van der Waals surface area contributed by atoms with E-state index in [9.17, 15) is 9.90 Å². The summed E-state index contributed by atoms with van der Waals surface area (Å²) in [4.78, 5) is 13.7. The van der Waals surface area contributed by atoms with Crippen molar-refractivity contribution in [1.82, 2.24) is 4.90 Å². The summed E-state index contributed by atoms with van der Waals surface area (Å²) >= 11 is 0. The highest BCUT2D eigenvalue weighted by Gasteiger charge is 2.36. The van der Waals surface area contributed by atoms with E-state index in [-0.39, 0.29) is 6.61 Å². The largest absolute Gasteiger partial charge is 0.472 e. The van der Waals surface area contributed by atoms with Gasteiger partial charge in [0.25, 0.3) is 0 Å². The average Bonchev–Trinajstić information content (AvgIpc) is 2.89. The van der Waals surface area contributed by atoms with Gasteiger partial charge < -0.3 is 19.0 Å². The first-order valence-corrected chi connectivity index (χ1v) is 6.66. The summed E-state index contributed by atoms with van der Waals surface area (Å²) in [5, 5.41) is 10.4. The first-order valence-electron chi connectivity index (χ1n) is 6.66. The number of morpholine rings is 1. The molecule has 0 aromatic carbocycles. The molecule has 1 aromatic heterocycles. The standard InChI is InChI=1S/C14H21NO5/c1-14(2,3)20-13(17)15-5-7-19-9-11(15)12(16)10-4-6-18-8-10/h4,6,8,11-12,16H,5,7,9H2,1-3H3. The lowest BCUT2D eigenvalue weighted by atomic mass is 10.0. The molecule has 2 heterocycles. The van der Waals surface area contributed by atoms with Crippen LogP contribution in [-0.2, 0) is 9.47 Å². The molecule has 1 aromatic rings. The number of carbonyl (C=O) groups is 1. The van der Waals surface area contributed by atoms with E-state index in [1.165, 1.54) is 17.4 Å². The molecule has 2 atom stereocenters. The molecule has 1 fully saturated rings. The third-order valence-corrected chi connectivity index (χ3v) is 3.04. The Morgan fingerprint density at radius 2 is 2.30 bits per heavy atom. The molecule has 6 nitrogen and oxygen atoms in total. The minimum Gasteiger partial charge on any atom is -0.472 e. The lowest BCUT2D eigenvalue weighted by Gasteiger charge is -2.38. The van der Waals surface area contributed by atoms with Crippen LogP contribution in [0.1, 0.15) is 32.4 Å². The van der Waals surface area contributed by atoms with E-state index in [0.29, 0.717) is 18.7 Å². The Labute approximate surface area is 118 Å². The Kier molecular flexibility index (Phi) is 4.35. The van der Waals surface area contributed by atoms with Gasteiger partial charge >= 0.3 is 6.09 Å². The molecule has 0 aliphatic carbocycles. The Balaban J connectivity index is 2.11. The van der Waals surface area contributed by atoms with Crippen molar-refractivity contribution in [2.45, 2.75) is 38.5 Å². The molecule has 0 bridgehead atoms. The number of aliphatic hydroxyl groups excluding tert-OH is 1. The van der Waals surface area contributed by atoms with Crippen LogP contribution < -0.4 is 0 Å². The molecule has 0 spiro atoms. The van der Waals surface area contributed by atoms with E-state index >= 15 is 0 Å². The zero-order chi connectivity index (χ0) is 14.8. The zero-order valence-electron chi connectivity index (χ0n) is 12.0. The average molecular weight is 283 g/mol. The van der Waals surface area contributed by atoms with Crippen molar-refractivity contribution in [2.75, 3.05) is 19.8 Å². The van der Waals surface area contributed by atoms with Crippen LogP contribution in [0.4, 0.5) is 4.79 Å². The predicted octanol–water partition coefficient (Wildman–Crippen LogP) is 1.95. The highest BCUT2D eigenvalue weighted by Crippen LogP contribution is 2.25. The summed E-state index contributed by atoms with van der Waals surface area (Å²) in [6, 6.07) is 1.20. The minimum absolute atomic E-state index is 0.269. The SMILES string of the molecule is CC(C)(C)OC(=O)N1CCOCC1C(O)c1ccoc1. The van der Waals surface area contributed by atoms with Gasteiger partial charge in [0.2, 0.25) is 0 Å². The Hall–Kier alpha value is -1.53. The van der Waals surface area contributed by atoms with Crippen molar-refractivity contribution >= 4 is 6.09 Å². The van der Waals surface area contributed by atoms with Crippen LogP contribution in [0.5, 0.6) is 0 Å². The van der Waals surface area contributed by atoms with Gasteiger partial charge in [0.1, 0.15) is 11.7 Å². The third kappa shape index (κ3) is 3.52. The molecular weight excluding hydrogens is 262 g/mol. The van der Waals surface area contributed by atoms with E-state index in [1.54, 1.807) is 6.07 Å². The van der Waals surface area contributed by atoms with Crippen LogP contribution >= 0.6 is 0 Å². The van der Waals surface area contributed by atoms with Gasteiger partial charge in [-0.3, -0.25) is 4.90 Å². The van der Waals surface area contributed by atoms with Crippen molar-refractivity contribution < 1.29 is 23.8 Å². The molecule has 1 N–H and O–H groups in total. The van der Waals surface area contributed by atoms with Gasteiger partial charge in [-0.05, 0) is 26.8 Å². The van der Waals surface area contributed by atoms with Gasteiger partial charge in [-0.15, -0.1) is 0 Å². The van der Waals surface area contributed by atoms with Crippen molar-refractivity contribution in [3.8, 4) is 0 Å². The van der Waals surface area contributed by atoms with Crippen molar-refractivity contribution in [1.29, 1.82) is 0 Å². The first-order chi connectivity index (χ1) is 9.38. The number of hydrogen-bond acceptors (Lipinski definition) is 5. The van der Waals surface area contributed by atoms with Gasteiger partial charge in [0, 0.05) is 12.1 Å². The van der Waals surface area contributed by atoms with Crippen LogP contribution in [0.3, 0.4) is 0 Å². The molecule has 0 saturated carbocycles. The molecule has 1 saturated heterocycles. The minimum atomic E-state index is -0.860. The molecular formula is C14H21NO5. The van der Waals surface area contributed by atoms with Crippen molar-refractivity contribution in [3.05, 3.63) is 24.2 Å². The first kappa shape index (κ1) is 14.9. The molecule has 6 heteroatoms. The van der Waals surface area contributed by atoms with Crippen LogP contribution in [0.15, 0.2) is 23.0 Å². The fourth-order valence-corrected chi connectivity index (χ4v) is 2.10. The second kappa shape index (κ2) is 5.85. The van der Waals surface area contributed by atoms with Crippen LogP contribution in [0.2, 0.25) is 0 Å². The number of carbonyl (C=O) groups excluding carboxylic acids is 1. The third-order valence-electron chi connectivity index (χ3n) is 3.04. The maximum atomic E-state index is 12.2. The van der Waals surface area contributed by atoms with Gasteiger partial charge in [0.15, 0.2) is 0 Å². The highest BCUT2D eigenvalue weighted by molar-refractivity contribution is 5.68. The van der Waals surface area contributed by atoms with Gasteiger partial charge in [-0.25, -0.2) is 4.79 Å². The molecule has 20 heavy (non-hydrogen) atoms. The summed E-state index contributed by atoms with van der Waals surface area (Å²) in [6.45, 7) is 6.54. The van der Waals surface area contributed by atoms with E-state index < -0.39 is 23.8 Å². The normalized spacial score (nSPS) is 21.6. The van der Waals surface area contributed by atoms with E-state index in [4.69, 9.17) is 13.9 Å². The summed E-state index contributed by atoms with van der Waals surface area (Å²) < 4.78 is 15.7. The lowest BCUT2D eigenvalue weighted by Crippen LogP contribution is -2.52. The second-order valence-corrected chi connectivity index (χ2v) is 5.82. The number of rotatable bonds is 2. The molecule has 2 unspecified atom stereocenters. The Morgan fingerprint density at radius 3 is 2.90 bits per heavy atom. The lowest BCUT2D eigenvalue weighted by molar-refractivity contribution is -0.0673. The number of furan rings is 1. The molecule has 112 valence electrons. The van der Waals surface area contributed by atoms with Crippen LogP contribution in [0.25, 0.3) is 0 Å². The fourth-order valence-electron chi connectivity index (χ4n) is 2.10. The fraction of sp³-hybridized carbons (Fsp3) is 0.643. The molecule has 1 aliphatic rings. The summed E-state index contributed by atoms with van der Waals surface area (Å²) in [6.07, 6.45) is 1.65. The Bertz CT molecular complexity index is 437. The molecule has 1 aliphatic heterocycles. The molecule has 1 amide bonds. The number of aliphatic hydroxyl groups is 1. The molecule has 2 rings (SSSR count). The van der Waals surface area contributed by atoms with Crippen molar-refractivity contribution in [2.24, 2.45) is 0 Å². The Morgan fingerprint density at radius 1 is 1.55 bits per heavy atom. The van der Waals surface area contributed by atoms with Gasteiger partial charge in [-0.2, -0.15) is 0 Å². The van der Waals surface area contributed by atoms with Crippen LogP contribution in [-0.4, -0.2) is 47.5 Å². The number of nitrogens with zero attached hydrogens (tertiary/aromatic N) is 1. The van der Waals surface area contributed by atoms with Gasteiger partial charge in [0.05, 0.1) is 31.8 Å². The van der Waals surface area contributed by atoms with Gasteiger partial charge in [-0.1, -0.05) is 0 Å². The monoisotopic (exact) mass is 283 g/mol. The maximum Gasteiger partial charge on any atom is 0.410 e. The molecule has 0 radical (unpaired) electrons. The van der Waals surface area contributed by atoms with E-state index in [1.807, 2.05) is 20.8 Å². The highest BCUT2D eigenvalue weighted by atomic mass is 16.6. The second-order valence-electron chi connectivity index (χ2n) is 5.82. The summed E-state index contributed by atoms with van der Waals surface area (Å²) in [5.74, 6) is 0. The maximum absolute atomic E-state index is 12.2. The smallest absolute Gasteiger partial charge is 0.410 e. The zero-order valence-corrected chi connectivity index (χ0v) is 12.0. The van der Waals surface area contributed by atoms with Crippen molar-refractivity contribution in [3.63, 3.8) is 0 Å². The summed E-state index contributed by atoms with van der Waals surface area (Å²) in [7, 11) is 0.